The van der Waals surface area contributed by atoms with E-state index in [2.05, 4.69) is 13.0 Å². The summed E-state index contributed by atoms with van der Waals surface area (Å²) in [7, 11) is 0. The van der Waals surface area contributed by atoms with E-state index in [-0.39, 0.29) is 5.91 Å². The molecule has 0 aromatic carbocycles. The average molecular weight is 167 g/mol. The van der Waals surface area contributed by atoms with E-state index in [1.165, 1.54) is 18.4 Å². The van der Waals surface area contributed by atoms with Crippen LogP contribution in [0.4, 0.5) is 0 Å². The third-order valence-corrected chi connectivity index (χ3v) is 2.32. The molecule has 0 aromatic heterocycles. The second-order valence-corrected chi connectivity index (χ2v) is 3.33. The van der Waals surface area contributed by atoms with Crippen LogP contribution in [-0.4, -0.2) is 23.9 Å². The standard InChI is InChI=1S/C10H17NO/c1-3-4-10-5-7-11(8-6-10)9(2)12/h5H,3-4,6-8H2,1-2H3. The minimum atomic E-state index is 0.196. The average Bonchev–Trinajstić information content (AvgIpc) is 2.06. The molecule has 0 fully saturated rings. The number of nitrogens with zero attached hydrogens (tertiary/aromatic N) is 1. The second-order valence-electron chi connectivity index (χ2n) is 3.33. The maximum absolute atomic E-state index is 11.0. The first kappa shape index (κ1) is 9.30. The van der Waals surface area contributed by atoms with E-state index >= 15 is 0 Å². The molecule has 0 aliphatic carbocycles. The number of carbonyl (C=O) groups excluding carboxylic acids is 1. The number of hydrogen-bond donors (Lipinski definition) is 0. The van der Waals surface area contributed by atoms with Gasteiger partial charge in [-0.25, -0.2) is 0 Å². The molecule has 0 unspecified atom stereocenters. The monoisotopic (exact) mass is 167 g/mol. The van der Waals surface area contributed by atoms with Crippen molar-refractivity contribution in [2.75, 3.05) is 13.1 Å². The van der Waals surface area contributed by atoms with Crippen molar-refractivity contribution in [2.24, 2.45) is 0 Å². The van der Waals surface area contributed by atoms with E-state index in [0.29, 0.717) is 0 Å². The van der Waals surface area contributed by atoms with Gasteiger partial charge in [0.1, 0.15) is 0 Å². The molecule has 68 valence electrons. The molecule has 1 rings (SSSR count). The van der Waals surface area contributed by atoms with E-state index in [0.717, 1.165) is 19.5 Å². The fourth-order valence-electron chi connectivity index (χ4n) is 1.55. The summed E-state index contributed by atoms with van der Waals surface area (Å²) >= 11 is 0. The maximum atomic E-state index is 11.0. The van der Waals surface area contributed by atoms with Gasteiger partial charge in [-0.05, 0) is 12.8 Å². The van der Waals surface area contributed by atoms with E-state index in [4.69, 9.17) is 0 Å². The summed E-state index contributed by atoms with van der Waals surface area (Å²) in [4.78, 5) is 12.8. The van der Waals surface area contributed by atoms with Gasteiger partial charge in [0.05, 0.1) is 0 Å². The highest BCUT2D eigenvalue weighted by molar-refractivity contribution is 5.73. The van der Waals surface area contributed by atoms with Crippen LogP contribution in [0.3, 0.4) is 0 Å². The summed E-state index contributed by atoms with van der Waals surface area (Å²) in [5.74, 6) is 0.196. The van der Waals surface area contributed by atoms with Crippen molar-refractivity contribution in [1.82, 2.24) is 4.90 Å². The largest absolute Gasteiger partial charge is 0.339 e. The molecule has 0 spiro atoms. The van der Waals surface area contributed by atoms with Gasteiger partial charge < -0.3 is 4.90 Å². The Morgan fingerprint density at radius 3 is 2.83 bits per heavy atom. The van der Waals surface area contributed by atoms with E-state index in [9.17, 15) is 4.79 Å². The Hall–Kier alpha value is -0.790. The molecule has 0 saturated carbocycles. The Labute approximate surface area is 74.2 Å². The first-order valence-electron chi connectivity index (χ1n) is 4.67. The topological polar surface area (TPSA) is 20.3 Å². The van der Waals surface area contributed by atoms with Gasteiger partial charge in [0.2, 0.25) is 5.91 Å². The zero-order valence-electron chi connectivity index (χ0n) is 7.97. The molecule has 0 N–H and O–H groups in total. The number of rotatable bonds is 2. The van der Waals surface area contributed by atoms with Crippen LogP contribution in [0.15, 0.2) is 11.6 Å². The number of amides is 1. The third-order valence-electron chi connectivity index (χ3n) is 2.32. The van der Waals surface area contributed by atoms with Gasteiger partial charge in [-0.15, -0.1) is 0 Å². The predicted octanol–water partition coefficient (Wildman–Crippen LogP) is 1.97. The molecule has 0 aromatic rings. The lowest BCUT2D eigenvalue weighted by Gasteiger charge is -2.25. The highest BCUT2D eigenvalue weighted by Gasteiger charge is 2.12. The normalized spacial score (nSPS) is 17.5. The first-order valence-corrected chi connectivity index (χ1v) is 4.67. The predicted molar refractivity (Wildman–Crippen MR) is 49.9 cm³/mol. The molecule has 12 heavy (non-hydrogen) atoms. The summed E-state index contributed by atoms with van der Waals surface area (Å²) in [6, 6.07) is 0. The Morgan fingerprint density at radius 1 is 1.67 bits per heavy atom. The third kappa shape index (κ3) is 2.36. The van der Waals surface area contributed by atoms with Crippen LogP contribution >= 0.6 is 0 Å². The molecular formula is C10H17NO. The lowest BCUT2D eigenvalue weighted by atomic mass is 10.0. The molecule has 1 aliphatic heterocycles. The Balaban J connectivity index is 2.42. The Morgan fingerprint density at radius 2 is 2.42 bits per heavy atom. The number of carbonyl (C=O) groups is 1. The van der Waals surface area contributed by atoms with E-state index in [1.54, 1.807) is 6.92 Å². The van der Waals surface area contributed by atoms with Crippen LogP contribution < -0.4 is 0 Å². The van der Waals surface area contributed by atoms with Crippen molar-refractivity contribution in [3.8, 4) is 0 Å². The van der Waals surface area contributed by atoms with Crippen LogP contribution in [0.5, 0.6) is 0 Å². The molecule has 0 saturated heterocycles. The van der Waals surface area contributed by atoms with Crippen molar-refractivity contribution in [3.63, 3.8) is 0 Å². The molecule has 0 bridgehead atoms. The van der Waals surface area contributed by atoms with Gasteiger partial charge in [-0.3, -0.25) is 4.79 Å². The van der Waals surface area contributed by atoms with Gasteiger partial charge in [0, 0.05) is 20.0 Å². The number of hydrogen-bond acceptors (Lipinski definition) is 1. The molecule has 2 nitrogen and oxygen atoms in total. The maximum Gasteiger partial charge on any atom is 0.219 e. The van der Waals surface area contributed by atoms with Crippen LogP contribution in [0, 0.1) is 0 Å². The van der Waals surface area contributed by atoms with Gasteiger partial charge >= 0.3 is 0 Å². The summed E-state index contributed by atoms with van der Waals surface area (Å²) in [5, 5.41) is 0. The van der Waals surface area contributed by atoms with E-state index < -0.39 is 0 Å². The quantitative estimate of drug-likeness (QED) is 0.576. The molecule has 1 heterocycles. The zero-order valence-corrected chi connectivity index (χ0v) is 7.97. The highest BCUT2D eigenvalue weighted by Crippen LogP contribution is 2.15. The summed E-state index contributed by atoms with van der Waals surface area (Å²) in [6.45, 7) is 5.57. The molecule has 1 aliphatic rings. The lowest BCUT2D eigenvalue weighted by Crippen LogP contribution is -2.32. The molecule has 0 atom stereocenters. The van der Waals surface area contributed by atoms with Crippen molar-refractivity contribution >= 4 is 5.91 Å². The van der Waals surface area contributed by atoms with Crippen molar-refractivity contribution < 1.29 is 4.79 Å². The summed E-state index contributed by atoms with van der Waals surface area (Å²) < 4.78 is 0. The zero-order chi connectivity index (χ0) is 8.97. The fraction of sp³-hybridized carbons (Fsp3) is 0.700. The lowest BCUT2D eigenvalue weighted by molar-refractivity contribution is -0.128. The fourth-order valence-corrected chi connectivity index (χ4v) is 1.55. The Bertz CT molecular complexity index is 196. The van der Waals surface area contributed by atoms with Crippen molar-refractivity contribution in [1.29, 1.82) is 0 Å². The molecular weight excluding hydrogens is 150 g/mol. The van der Waals surface area contributed by atoms with Crippen LogP contribution in [0.25, 0.3) is 0 Å². The van der Waals surface area contributed by atoms with Crippen LogP contribution in [0.1, 0.15) is 33.1 Å². The van der Waals surface area contributed by atoms with Gasteiger partial charge in [-0.1, -0.05) is 25.0 Å². The van der Waals surface area contributed by atoms with E-state index in [1.807, 2.05) is 4.90 Å². The Kier molecular flexibility index (Phi) is 3.32. The second kappa shape index (κ2) is 4.29. The van der Waals surface area contributed by atoms with Gasteiger partial charge in [0.25, 0.3) is 0 Å². The molecule has 0 radical (unpaired) electrons. The van der Waals surface area contributed by atoms with Crippen LogP contribution in [-0.2, 0) is 4.79 Å². The summed E-state index contributed by atoms with van der Waals surface area (Å²) in [5.41, 5.74) is 1.52. The van der Waals surface area contributed by atoms with Crippen LogP contribution in [0.2, 0.25) is 0 Å². The van der Waals surface area contributed by atoms with Crippen molar-refractivity contribution in [3.05, 3.63) is 11.6 Å². The smallest absolute Gasteiger partial charge is 0.219 e. The molecule has 1 amide bonds. The minimum Gasteiger partial charge on any atom is -0.339 e. The van der Waals surface area contributed by atoms with Gasteiger partial charge in [-0.2, -0.15) is 0 Å². The minimum absolute atomic E-state index is 0.196. The highest BCUT2D eigenvalue weighted by atomic mass is 16.2. The molecule has 2 heteroatoms. The first-order chi connectivity index (χ1) is 5.74. The van der Waals surface area contributed by atoms with Crippen molar-refractivity contribution in [2.45, 2.75) is 33.1 Å². The summed E-state index contributed by atoms with van der Waals surface area (Å²) in [6.07, 6.45) is 5.69. The van der Waals surface area contributed by atoms with Gasteiger partial charge in [0.15, 0.2) is 0 Å². The SMILES string of the molecule is CCCC1=CCN(C(C)=O)CC1.